The Labute approximate surface area is 258 Å². The predicted octanol–water partition coefficient (Wildman–Crippen LogP) is 6.32. The first-order valence-electron chi connectivity index (χ1n) is 13.6. The zero-order valence-corrected chi connectivity index (χ0v) is 23.7. The van der Waals surface area contributed by atoms with Crippen molar-refractivity contribution in [2.75, 3.05) is 5.73 Å². The zero-order chi connectivity index (χ0) is 28.7. The Morgan fingerprint density at radius 3 is 1.39 bits per heavy atom. The number of aromatic nitrogens is 8. The van der Waals surface area contributed by atoms with E-state index in [0.717, 1.165) is 33.0 Å². The van der Waals surface area contributed by atoms with Crippen LogP contribution in [-0.2, 0) is 16.8 Å². The molecule has 5 heterocycles. The molecule has 44 heavy (non-hydrogen) atoms. The van der Waals surface area contributed by atoms with Crippen LogP contribution in [0.15, 0.2) is 84.9 Å². The molecule has 7 aromatic rings. The molecule has 0 saturated carbocycles. The first-order chi connectivity index (χ1) is 21.2. The summed E-state index contributed by atoms with van der Waals surface area (Å²) < 4.78 is 0. The second kappa shape index (κ2) is 9.53. The Morgan fingerprint density at radius 1 is 0.500 bits per heavy atom. The number of nitrogen functional groups attached to an aromatic ring is 1. The van der Waals surface area contributed by atoms with Crippen LogP contribution in [-0.4, -0.2) is 39.9 Å². The third-order valence-electron chi connectivity index (χ3n) is 7.86. The van der Waals surface area contributed by atoms with Gasteiger partial charge in [0.05, 0.1) is 11.3 Å². The number of benzene rings is 4. The number of aromatic amines is 2. The minimum Gasteiger partial charge on any atom is -0.398 e. The van der Waals surface area contributed by atoms with Crippen LogP contribution >= 0.6 is 0 Å². The molecule has 4 N–H and O–H groups in total. The van der Waals surface area contributed by atoms with E-state index in [9.17, 15) is 5.26 Å². The number of hydrogen-bond donors (Lipinski definition) is 3. The van der Waals surface area contributed by atoms with Crippen molar-refractivity contribution in [1.82, 2.24) is 39.9 Å². The SMILES string of the molecule is N#Cc1c(N)ccc2c3nc4nc(nc5[nH]c(nc6nc(nc([nH]3)c12)-c1ccccc1-6)c1ccccc51)-c1ccccc1-4.[Co]. The van der Waals surface area contributed by atoms with Crippen LogP contribution in [0.4, 0.5) is 5.69 Å². The van der Waals surface area contributed by atoms with Crippen molar-refractivity contribution in [1.29, 1.82) is 5.26 Å². The Hall–Kier alpha value is -5.96. The fraction of sp³-hybridized carbons (Fsp3) is 0. The molecule has 0 atom stereocenters. The van der Waals surface area contributed by atoms with Crippen LogP contribution in [0.5, 0.6) is 0 Å². The number of nitrogens with zero attached hydrogens (tertiary/aromatic N) is 7. The van der Waals surface area contributed by atoms with E-state index in [0.29, 0.717) is 67.9 Å². The molecule has 0 fully saturated rings. The van der Waals surface area contributed by atoms with E-state index in [-0.39, 0.29) is 16.8 Å². The van der Waals surface area contributed by atoms with Crippen LogP contribution in [0.2, 0.25) is 0 Å². The number of anilines is 1. The van der Waals surface area contributed by atoms with Gasteiger partial charge in [-0.3, -0.25) is 0 Å². The zero-order valence-electron chi connectivity index (χ0n) is 22.6. The van der Waals surface area contributed by atoms with Crippen molar-refractivity contribution < 1.29 is 16.8 Å². The maximum atomic E-state index is 10.1. The number of rotatable bonds is 0. The van der Waals surface area contributed by atoms with Gasteiger partial charge in [-0.25, -0.2) is 29.9 Å². The summed E-state index contributed by atoms with van der Waals surface area (Å²) in [4.78, 5) is 36.4. The number of nitrogens with two attached hydrogens (primary N) is 1. The van der Waals surface area contributed by atoms with Crippen molar-refractivity contribution in [3.05, 3.63) is 90.5 Å². The average molecular weight is 614 g/mol. The third-order valence-corrected chi connectivity index (χ3v) is 7.86. The van der Waals surface area contributed by atoms with Crippen molar-refractivity contribution >= 4 is 49.8 Å². The van der Waals surface area contributed by atoms with Crippen LogP contribution in [0, 0.1) is 11.3 Å². The van der Waals surface area contributed by atoms with Crippen LogP contribution in [0.1, 0.15) is 5.56 Å². The van der Waals surface area contributed by atoms with Gasteiger partial charge in [0.25, 0.3) is 0 Å². The van der Waals surface area contributed by atoms with Gasteiger partial charge in [-0.1, -0.05) is 72.8 Å². The molecule has 2 aliphatic heterocycles. The fourth-order valence-electron chi connectivity index (χ4n) is 5.87. The minimum absolute atomic E-state index is 0. The van der Waals surface area contributed by atoms with Gasteiger partial charge in [0.1, 0.15) is 28.7 Å². The van der Waals surface area contributed by atoms with E-state index in [1.807, 2.05) is 78.9 Å². The molecule has 0 unspecified atom stereocenters. The van der Waals surface area contributed by atoms with E-state index in [4.69, 9.17) is 35.6 Å². The third kappa shape index (κ3) is 3.65. The van der Waals surface area contributed by atoms with E-state index in [2.05, 4.69) is 16.0 Å². The van der Waals surface area contributed by atoms with Crippen molar-refractivity contribution in [3.8, 4) is 51.6 Å². The molecule has 209 valence electrons. The Morgan fingerprint density at radius 2 is 0.909 bits per heavy atom. The monoisotopic (exact) mass is 613 g/mol. The maximum absolute atomic E-state index is 10.1. The number of nitriles is 1. The smallest absolute Gasteiger partial charge is 0.164 e. The van der Waals surface area contributed by atoms with Crippen LogP contribution < -0.4 is 5.73 Å². The topological polar surface area (TPSA) is 159 Å². The maximum Gasteiger partial charge on any atom is 0.164 e. The summed E-state index contributed by atoms with van der Waals surface area (Å²) in [7, 11) is 0. The molecule has 11 heteroatoms. The molecule has 9 rings (SSSR count). The fourth-order valence-corrected chi connectivity index (χ4v) is 5.87. The summed E-state index contributed by atoms with van der Waals surface area (Å²) in [6.07, 6.45) is 0. The predicted molar refractivity (Wildman–Crippen MR) is 165 cm³/mol. The average Bonchev–Trinajstić information content (AvgIpc) is 3.76. The van der Waals surface area contributed by atoms with Gasteiger partial charge in [-0.2, -0.15) is 5.26 Å². The second-order valence-corrected chi connectivity index (χ2v) is 10.3. The van der Waals surface area contributed by atoms with Gasteiger partial charge in [0.2, 0.25) is 0 Å². The van der Waals surface area contributed by atoms with E-state index < -0.39 is 0 Å². The van der Waals surface area contributed by atoms with Crippen molar-refractivity contribution in [2.45, 2.75) is 0 Å². The van der Waals surface area contributed by atoms with Crippen LogP contribution in [0.25, 0.3) is 89.7 Å². The normalized spacial score (nSPS) is 11.5. The van der Waals surface area contributed by atoms with Crippen LogP contribution in [0.3, 0.4) is 0 Å². The number of fused-ring (bicyclic) bond motifs is 20. The number of hydrogen-bond acceptors (Lipinski definition) is 8. The van der Waals surface area contributed by atoms with E-state index >= 15 is 0 Å². The van der Waals surface area contributed by atoms with E-state index in [1.165, 1.54) is 0 Å². The summed E-state index contributed by atoms with van der Waals surface area (Å²) in [5.41, 5.74) is 12.5. The molecule has 2 aliphatic rings. The molecule has 4 aromatic carbocycles. The molecule has 1 radical (unpaired) electrons. The summed E-state index contributed by atoms with van der Waals surface area (Å²) in [5, 5.41) is 13.2. The first kappa shape index (κ1) is 25.7. The summed E-state index contributed by atoms with van der Waals surface area (Å²) in [6, 6.07) is 29.4. The molecule has 3 aromatic heterocycles. The van der Waals surface area contributed by atoms with Gasteiger partial charge in [0.15, 0.2) is 23.3 Å². The summed E-state index contributed by atoms with van der Waals surface area (Å²) >= 11 is 0. The minimum atomic E-state index is 0. The molecule has 0 spiro atoms. The molecule has 0 saturated heterocycles. The molecule has 8 bridgehead atoms. The molecular weight excluding hydrogens is 595 g/mol. The van der Waals surface area contributed by atoms with Gasteiger partial charge < -0.3 is 15.7 Å². The largest absolute Gasteiger partial charge is 0.398 e. The second-order valence-electron chi connectivity index (χ2n) is 10.3. The standard InChI is InChI=1S/C33H18N10.Co/c34-15-23-24(35)14-13-22-25(23)33-42-31-21-12-6-5-11-20(21)29(40-31)38-27-17-8-2-1-7-16(17)26(36-27)37-28-18-9-3-4-10-19(18)30(39-28)41-32(22)43-33;/h1-14H,35H2,(H2,36,37,38,39,40,41,42,43);. The Bertz CT molecular complexity index is 2550. The number of H-pyrrole nitrogens is 2. The number of nitrogens with one attached hydrogen (secondary N) is 2. The van der Waals surface area contributed by atoms with Gasteiger partial charge in [0, 0.05) is 60.6 Å². The quantitative estimate of drug-likeness (QED) is 0.168. The summed E-state index contributed by atoms with van der Waals surface area (Å²) in [6.45, 7) is 0. The van der Waals surface area contributed by atoms with Crippen molar-refractivity contribution in [2.24, 2.45) is 0 Å². The summed E-state index contributed by atoms with van der Waals surface area (Å²) in [5.74, 6) is 2.00. The van der Waals surface area contributed by atoms with Gasteiger partial charge in [-0.15, -0.1) is 0 Å². The van der Waals surface area contributed by atoms with E-state index in [1.54, 1.807) is 6.07 Å². The Balaban J connectivity index is 0.00000289. The first-order valence-corrected chi connectivity index (χ1v) is 13.6. The van der Waals surface area contributed by atoms with Crippen molar-refractivity contribution in [3.63, 3.8) is 0 Å². The van der Waals surface area contributed by atoms with Gasteiger partial charge in [-0.05, 0) is 12.1 Å². The molecule has 0 aliphatic carbocycles. The van der Waals surface area contributed by atoms with Gasteiger partial charge >= 0.3 is 0 Å². The molecule has 10 nitrogen and oxygen atoms in total. The Kier molecular flexibility index (Phi) is 5.57. The molecule has 0 amide bonds. The molecular formula is C33H18CoN10.